The number of rotatable bonds is 4. The fraction of sp³-hybridized carbons (Fsp3) is 0.480. The van der Waals surface area contributed by atoms with Crippen LogP contribution in [0.4, 0.5) is 5.69 Å². The Morgan fingerprint density at radius 3 is 2.61 bits per heavy atom. The second-order valence-electron chi connectivity index (χ2n) is 9.44. The number of amides is 1. The summed E-state index contributed by atoms with van der Waals surface area (Å²) in [6.45, 7) is 6.21. The maximum absolute atomic E-state index is 13.3. The van der Waals surface area contributed by atoms with Gasteiger partial charge in [0.05, 0.1) is 10.6 Å². The number of thioether (sulfide) groups is 1. The zero-order valence-electron chi connectivity index (χ0n) is 19.0. The van der Waals surface area contributed by atoms with Crippen LogP contribution in [-0.4, -0.2) is 55.0 Å². The molecule has 0 bridgehead atoms. The second-order valence-corrected chi connectivity index (χ2v) is 12.9. The number of nitrogens with one attached hydrogen (secondary N) is 1. The van der Waals surface area contributed by atoms with Crippen LogP contribution in [0.3, 0.4) is 0 Å². The van der Waals surface area contributed by atoms with E-state index in [9.17, 15) is 13.2 Å². The molecule has 5 rings (SSSR count). The van der Waals surface area contributed by atoms with Crippen LogP contribution in [0.25, 0.3) is 0 Å². The molecule has 1 atom stereocenters. The third-order valence-electron chi connectivity index (χ3n) is 6.96. The molecule has 0 aliphatic carbocycles. The summed E-state index contributed by atoms with van der Waals surface area (Å²) in [7, 11) is -3.58. The summed E-state index contributed by atoms with van der Waals surface area (Å²) in [5.41, 5.74) is 3.49. The molecule has 3 aliphatic rings. The lowest BCUT2D eigenvalue weighted by molar-refractivity contribution is -0.116. The van der Waals surface area contributed by atoms with Crippen molar-refractivity contribution in [3.8, 4) is 0 Å². The lowest BCUT2D eigenvalue weighted by Gasteiger charge is -2.36. The summed E-state index contributed by atoms with van der Waals surface area (Å²) in [6, 6.07) is 13.8. The minimum atomic E-state index is -3.58. The SMILES string of the molecule is CC1CC(=O)Nc2cc(S(=O)(=O)N3CCC(CN4CCc5ccccc5C4)CC3)ccc2S1. The maximum Gasteiger partial charge on any atom is 0.243 e. The Balaban J connectivity index is 1.22. The van der Waals surface area contributed by atoms with Crippen molar-refractivity contribution in [3.05, 3.63) is 53.6 Å². The molecule has 8 heteroatoms. The Kier molecular flexibility index (Phi) is 6.53. The van der Waals surface area contributed by atoms with E-state index in [0.29, 0.717) is 31.1 Å². The van der Waals surface area contributed by atoms with Gasteiger partial charge < -0.3 is 5.32 Å². The summed E-state index contributed by atoms with van der Waals surface area (Å²) < 4.78 is 28.3. The highest BCUT2D eigenvalue weighted by Gasteiger charge is 2.31. The van der Waals surface area contributed by atoms with E-state index in [1.165, 1.54) is 11.1 Å². The first-order chi connectivity index (χ1) is 15.9. The first-order valence-electron chi connectivity index (χ1n) is 11.8. The van der Waals surface area contributed by atoms with Crippen LogP contribution in [0.2, 0.25) is 0 Å². The van der Waals surface area contributed by atoms with E-state index < -0.39 is 10.0 Å². The van der Waals surface area contributed by atoms with Crippen LogP contribution < -0.4 is 5.32 Å². The van der Waals surface area contributed by atoms with Crippen LogP contribution >= 0.6 is 11.8 Å². The highest BCUT2D eigenvalue weighted by atomic mass is 32.2. The Hall–Kier alpha value is -1.87. The molecular weight excluding hydrogens is 454 g/mol. The number of carbonyl (C=O) groups is 1. The average Bonchev–Trinajstić information content (AvgIpc) is 2.95. The van der Waals surface area contributed by atoms with Crippen molar-refractivity contribution in [2.45, 2.75) is 54.2 Å². The van der Waals surface area contributed by atoms with Gasteiger partial charge in [0.15, 0.2) is 0 Å². The van der Waals surface area contributed by atoms with Gasteiger partial charge in [0.25, 0.3) is 0 Å². The molecular formula is C25H31N3O3S2. The zero-order valence-corrected chi connectivity index (χ0v) is 20.6. The Morgan fingerprint density at radius 1 is 1.06 bits per heavy atom. The summed E-state index contributed by atoms with van der Waals surface area (Å²) in [5, 5.41) is 3.05. The fourth-order valence-corrected chi connectivity index (χ4v) is 7.70. The first-order valence-corrected chi connectivity index (χ1v) is 14.1. The van der Waals surface area contributed by atoms with Gasteiger partial charge in [-0.1, -0.05) is 31.2 Å². The molecule has 33 heavy (non-hydrogen) atoms. The van der Waals surface area contributed by atoms with Gasteiger partial charge in [-0.05, 0) is 54.5 Å². The van der Waals surface area contributed by atoms with E-state index in [1.54, 1.807) is 28.2 Å². The van der Waals surface area contributed by atoms with Crippen molar-refractivity contribution < 1.29 is 13.2 Å². The van der Waals surface area contributed by atoms with Gasteiger partial charge in [-0.3, -0.25) is 9.69 Å². The lowest BCUT2D eigenvalue weighted by atomic mass is 9.94. The minimum absolute atomic E-state index is 0.0653. The van der Waals surface area contributed by atoms with Crippen LogP contribution in [-0.2, 0) is 27.8 Å². The summed E-state index contributed by atoms with van der Waals surface area (Å²) in [4.78, 5) is 15.8. The van der Waals surface area contributed by atoms with Gasteiger partial charge in [-0.2, -0.15) is 4.31 Å². The molecule has 6 nitrogen and oxygen atoms in total. The average molecular weight is 486 g/mol. The normalized spacial score (nSPS) is 22.8. The molecule has 1 amide bonds. The van der Waals surface area contributed by atoms with Gasteiger partial charge in [-0.15, -0.1) is 11.8 Å². The fourth-order valence-electron chi connectivity index (χ4n) is 5.15. The third-order valence-corrected chi connectivity index (χ3v) is 10.0. The molecule has 3 aliphatic heterocycles. The standard InChI is InChI=1S/C25H31N3O3S2/c1-18-14-25(29)26-23-15-22(6-7-24(23)32-18)33(30,31)28-12-8-19(9-13-28)16-27-11-10-20-4-2-3-5-21(20)17-27/h2-7,15,18-19H,8-14,16-17H2,1H3,(H,26,29). The van der Waals surface area contributed by atoms with Gasteiger partial charge in [0, 0.05) is 49.3 Å². The number of hydrogen-bond acceptors (Lipinski definition) is 5. The van der Waals surface area contributed by atoms with Crippen LogP contribution in [0.5, 0.6) is 0 Å². The molecule has 2 aromatic rings. The predicted octanol–water partition coefficient (Wildman–Crippen LogP) is 3.97. The minimum Gasteiger partial charge on any atom is -0.325 e. The van der Waals surface area contributed by atoms with Crippen molar-refractivity contribution in [2.75, 3.05) is 31.5 Å². The van der Waals surface area contributed by atoms with E-state index in [0.717, 1.165) is 43.8 Å². The number of fused-ring (bicyclic) bond motifs is 2. The number of benzene rings is 2. The van der Waals surface area contributed by atoms with E-state index >= 15 is 0 Å². The highest BCUT2D eigenvalue weighted by molar-refractivity contribution is 8.00. The molecule has 0 spiro atoms. The van der Waals surface area contributed by atoms with E-state index in [1.807, 2.05) is 13.0 Å². The Morgan fingerprint density at radius 2 is 1.82 bits per heavy atom. The molecule has 176 valence electrons. The van der Waals surface area contributed by atoms with Crippen molar-refractivity contribution in [2.24, 2.45) is 5.92 Å². The number of carbonyl (C=O) groups excluding carboxylic acids is 1. The quantitative estimate of drug-likeness (QED) is 0.710. The molecule has 0 aromatic heterocycles. The van der Waals surface area contributed by atoms with Crippen molar-refractivity contribution in [1.82, 2.24) is 9.21 Å². The van der Waals surface area contributed by atoms with E-state index in [-0.39, 0.29) is 16.1 Å². The molecule has 1 saturated heterocycles. The predicted molar refractivity (Wildman–Crippen MR) is 132 cm³/mol. The van der Waals surface area contributed by atoms with Gasteiger partial charge in [0.1, 0.15) is 0 Å². The van der Waals surface area contributed by atoms with Crippen LogP contribution in [0.1, 0.15) is 37.3 Å². The molecule has 0 saturated carbocycles. The van der Waals surface area contributed by atoms with Gasteiger partial charge in [-0.25, -0.2) is 8.42 Å². The molecule has 0 radical (unpaired) electrons. The third kappa shape index (κ3) is 4.99. The van der Waals surface area contributed by atoms with Gasteiger partial charge >= 0.3 is 0 Å². The Labute approximate surface area is 200 Å². The molecule has 3 heterocycles. The number of hydrogen-bond donors (Lipinski definition) is 1. The number of anilines is 1. The first kappa shape index (κ1) is 22.9. The smallest absolute Gasteiger partial charge is 0.243 e. The summed E-state index contributed by atoms with van der Waals surface area (Å²) in [5.74, 6) is 0.454. The lowest BCUT2D eigenvalue weighted by Crippen LogP contribution is -2.42. The maximum atomic E-state index is 13.3. The Bertz CT molecular complexity index is 1140. The van der Waals surface area contributed by atoms with Crippen molar-refractivity contribution in [3.63, 3.8) is 0 Å². The monoisotopic (exact) mass is 485 g/mol. The van der Waals surface area contributed by atoms with Crippen LogP contribution in [0.15, 0.2) is 52.3 Å². The summed E-state index contributed by atoms with van der Waals surface area (Å²) in [6.07, 6.45) is 3.28. The molecule has 1 unspecified atom stereocenters. The topological polar surface area (TPSA) is 69.7 Å². The largest absolute Gasteiger partial charge is 0.325 e. The number of sulfonamides is 1. The highest BCUT2D eigenvalue weighted by Crippen LogP contribution is 2.37. The molecule has 1 fully saturated rings. The number of piperidine rings is 1. The second kappa shape index (κ2) is 9.41. The molecule has 1 N–H and O–H groups in total. The van der Waals surface area contributed by atoms with Crippen molar-refractivity contribution >= 4 is 33.4 Å². The van der Waals surface area contributed by atoms with Gasteiger partial charge in [0.2, 0.25) is 15.9 Å². The molecule has 2 aromatic carbocycles. The zero-order chi connectivity index (χ0) is 23.0. The van der Waals surface area contributed by atoms with E-state index in [4.69, 9.17) is 0 Å². The van der Waals surface area contributed by atoms with Crippen molar-refractivity contribution in [1.29, 1.82) is 0 Å². The summed E-state index contributed by atoms with van der Waals surface area (Å²) >= 11 is 1.61. The van der Waals surface area contributed by atoms with E-state index in [2.05, 4.69) is 34.5 Å². The number of nitrogens with zero attached hydrogens (tertiary/aromatic N) is 2. The van der Waals surface area contributed by atoms with Crippen LogP contribution in [0, 0.1) is 5.92 Å².